The summed E-state index contributed by atoms with van der Waals surface area (Å²) in [4.78, 5) is 11.0. The quantitative estimate of drug-likeness (QED) is 0.436. The van der Waals surface area contributed by atoms with Crippen LogP contribution in [0, 0.1) is 5.82 Å². The summed E-state index contributed by atoms with van der Waals surface area (Å²) >= 11 is 0. The Morgan fingerprint density at radius 2 is 2.08 bits per heavy atom. The number of quaternary nitrogens is 1. The highest BCUT2D eigenvalue weighted by Crippen LogP contribution is 2.29. The Labute approximate surface area is 73.4 Å². The first-order chi connectivity index (χ1) is 6.07. The van der Waals surface area contributed by atoms with E-state index in [2.05, 4.69) is 5.73 Å². The molecule has 0 aliphatic heterocycles. The molecule has 70 valence electrons. The summed E-state index contributed by atoms with van der Waals surface area (Å²) in [6, 6.07) is 2.17. The van der Waals surface area contributed by atoms with Gasteiger partial charge in [0.1, 0.15) is 6.54 Å². The first-order valence-corrected chi connectivity index (χ1v) is 3.60. The second-order valence-electron chi connectivity index (χ2n) is 2.47. The zero-order chi connectivity index (χ0) is 10.0. The van der Waals surface area contributed by atoms with Gasteiger partial charge in [0.2, 0.25) is 5.78 Å². The molecule has 0 atom stereocenters. The molecular weight excluding hydrogens is 177 g/mol. The van der Waals surface area contributed by atoms with Crippen molar-refractivity contribution in [1.82, 2.24) is 0 Å². The Morgan fingerprint density at radius 3 is 2.62 bits per heavy atom. The van der Waals surface area contributed by atoms with E-state index < -0.39 is 23.1 Å². The van der Waals surface area contributed by atoms with Crippen LogP contribution >= 0.6 is 0 Å². The third kappa shape index (κ3) is 1.59. The van der Waals surface area contributed by atoms with Gasteiger partial charge < -0.3 is 15.9 Å². The summed E-state index contributed by atoms with van der Waals surface area (Å²) in [5.74, 6) is -3.11. The minimum atomic E-state index is -1.10. The van der Waals surface area contributed by atoms with Gasteiger partial charge in [-0.25, -0.2) is 4.39 Å². The first-order valence-electron chi connectivity index (χ1n) is 3.60. The predicted molar refractivity (Wildman–Crippen MR) is 41.8 cm³/mol. The number of aromatic hydroxyl groups is 2. The van der Waals surface area contributed by atoms with Crippen molar-refractivity contribution in [1.29, 1.82) is 0 Å². The molecule has 0 bridgehead atoms. The van der Waals surface area contributed by atoms with E-state index in [9.17, 15) is 9.18 Å². The molecule has 0 spiro atoms. The maximum atomic E-state index is 13.0. The minimum absolute atomic E-state index is 0.0961. The standard InChI is InChI=1S/C8H8FNO3/c9-7-4(6(12)3-10)1-2-5(11)8(7)13/h1-2,11,13H,3,10H2/p+1. The lowest BCUT2D eigenvalue weighted by Crippen LogP contribution is -2.54. The number of Topliss-reactive ketones (excluding diaryl/α,β-unsaturated/α-hetero) is 1. The van der Waals surface area contributed by atoms with E-state index in [0.29, 0.717) is 0 Å². The lowest BCUT2D eigenvalue weighted by molar-refractivity contribution is -0.349. The van der Waals surface area contributed by atoms with Crippen LogP contribution in [-0.2, 0) is 0 Å². The first kappa shape index (κ1) is 9.47. The molecule has 5 N–H and O–H groups in total. The van der Waals surface area contributed by atoms with Gasteiger partial charge >= 0.3 is 0 Å². The van der Waals surface area contributed by atoms with Crippen LogP contribution in [0.2, 0.25) is 0 Å². The molecule has 4 nitrogen and oxygen atoms in total. The van der Waals surface area contributed by atoms with Crippen LogP contribution in [0.5, 0.6) is 11.5 Å². The van der Waals surface area contributed by atoms with Gasteiger partial charge in [0.15, 0.2) is 17.3 Å². The number of phenolic OH excluding ortho intramolecular Hbond substituents is 2. The molecule has 0 unspecified atom stereocenters. The fraction of sp³-hybridized carbons (Fsp3) is 0.125. The summed E-state index contributed by atoms with van der Waals surface area (Å²) in [5.41, 5.74) is 3.04. The normalized spacial score (nSPS) is 10.0. The smallest absolute Gasteiger partial charge is 0.219 e. The Balaban J connectivity index is 3.26. The van der Waals surface area contributed by atoms with E-state index >= 15 is 0 Å². The van der Waals surface area contributed by atoms with Gasteiger partial charge in [0.25, 0.3) is 0 Å². The Morgan fingerprint density at radius 1 is 1.46 bits per heavy atom. The SMILES string of the molecule is [NH3+]CC(=O)c1ccc(O)c(O)c1F. The van der Waals surface area contributed by atoms with Gasteiger partial charge in [-0.05, 0) is 12.1 Å². The molecule has 0 radical (unpaired) electrons. The zero-order valence-electron chi connectivity index (χ0n) is 6.75. The highest BCUT2D eigenvalue weighted by Gasteiger charge is 2.17. The number of hydrogen-bond acceptors (Lipinski definition) is 3. The fourth-order valence-corrected chi connectivity index (χ4v) is 0.904. The number of carbonyl (C=O) groups is 1. The molecular formula is C8H9FNO3+. The molecule has 5 heteroatoms. The van der Waals surface area contributed by atoms with Crippen molar-refractivity contribution in [2.45, 2.75) is 0 Å². The molecule has 0 heterocycles. The lowest BCUT2D eigenvalue weighted by Gasteiger charge is -2.02. The number of rotatable bonds is 2. The Kier molecular flexibility index (Phi) is 2.48. The van der Waals surface area contributed by atoms with Crippen LogP contribution in [-0.4, -0.2) is 22.5 Å². The van der Waals surface area contributed by atoms with Crippen LogP contribution in [0.25, 0.3) is 0 Å². The minimum Gasteiger partial charge on any atom is -0.504 e. The molecule has 0 saturated heterocycles. The number of carbonyl (C=O) groups excluding carboxylic acids is 1. The van der Waals surface area contributed by atoms with Gasteiger partial charge in [-0.3, -0.25) is 4.79 Å². The predicted octanol–water partition coefficient (Wildman–Crippen LogP) is -0.338. The largest absolute Gasteiger partial charge is 0.504 e. The molecule has 1 aromatic carbocycles. The number of phenols is 2. The molecule has 0 aliphatic rings. The zero-order valence-corrected chi connectivity index (χ0v) is 6.75. The summed E-state index contributed by atoms with van der Waals surface area (Å²) in [5, 5.41) is 17.8. The fourth-order valence-electron chi connectivity index (χ4n) is 0.904. The van der Waals surface area contributed by atoms with Crippen molar-refractivity contribution in [3.05, 3.63) is 23.5 Å². The van der Waals surface area contributed by atoms with Crippen LogP contribution in [0.1, 0.15) is 10.4 Å². The maximum absolute atomic E-state index is 13.0. The lowest BCUT2D eigenvalue weighted by atomic mass is 10.1. The molecule has 0 aromatic heterocycles. The van der Waals surface area contributed by atoms with Gasteiger partial charge in [0.05, 0.1) is 5.56 Å². The van der Waals surface area contributed by atoms with Crippen molar-refractivity contribution >= 4 is 5.78 Å². The number of benzene rings is 1. The molecule has 0 amide bonds. The summed E-state index contributed by atoms with van der Waals surface area (Å²) in [7, 11) is 0. The van der Waals surface area contributed by atoms with E-state index in [0.717, 1.165) is 12.1 Å². The third-order valence-corrected chi connectivity index (χ3v) is 1.62. The van der Waals surface area contributed by atoms with Gasteiger partial charge in [-0.15, -0.1) is 0 Å². The summed E-state index contributed by atoms with van der Waals surface area (Å²) in [6.07, 6.45) is 0. The van der Waals surface area contributed by atoms with E-state index in [1.165, 1.54) is 0 Å². The average molecular weight is 186 g/mol. The molecule has 1 rings (SSSR count). The summed E-state index contributed by atoms with van der Waals surface area (Å²) < 4.78 is 13.0. The van der Waals surface area contributed by atoms with Gasteiger partial charge in [0, 0.05) is 0 Å². The molecule has 0 fully saturated rings. The van der Waals surface area contributed by atoms with Crippen molar-refractivity contribution in [2.24, 2.45) is 0 Å². The van der Waals surface area contributed by atoms with Crippen molar-refractivity contribution < 1.29 is 25.1 Å². The molecule has 13 heavy (non-hydrogen) atoms. The monoisotopic (exact) mass is 186 g/mol. The van der Waals surface area contributed by atoms with E-state index in [4.69, 9.17) is 10.2 Å². The van der Waals surface area contributed by atoms with Crippen molar-refractivity contribution in [3.63, 3.8) is 0 Å². The maximum Gasteiger partial charge on any atom is 0.219 e. The van der Waals surface area contributed by atoms with Crippen molar-refractivity contribution in [2.75, 3.05) is 6.54 Å². The Hall–Kier alpha value is -1.62. The highest BCUT2D eigenvalue weighted by atomic mass is 19.1. The third-order valence-electron chi connectivity index (χ3n) is 1.62. The Bertz CT molecular complexity index is 351. The van der Waals surface area contributed by atoms with Crippen molar-refractivity contribution in [3.8, 4) is 11.5 Å². The van der Waals surface area contributed by atoms with Crippen LogP contribution in [0.3, 0.4) is 0 Å². The highest BCUT2D eigenvalue weighted by molar-refractivity contribution is 5.97. The molecule has 1 aromatic rings. The summed E-state index contributed by atoms with van der Waals surface area (Å²) in [6.45, 7) is -0.0961. The van der Waals surface area contributed by atoms with E-state index in [1.54, 1.807) is 0 Å². The van der Waals surface area contributed by atoms with Crippen LogP contribution in [0.15, 0.2) is 12.1 Å². The second kappa shape index (κ2) is 3.40. The number of halogens is 1. The number of ketones is 1. The van der Waals surface area contributed by atoms with Gasteiger partial charge in [-0.1, -0.05) is 0 Å². The molecule has 0 aliphatic carbocycles. The van der Waals surface area contributed by atoms with E-state index in [-0.39, 0.29) is 12.1 Å². The molecule has 0 saturated carbocycles. The van der Waals surface area contributed by atoms with E-state index in [1.807, 2.05) is 0 Å². The topological polar surface area (TPSA) is 85.2 Å². The van der Waals surface area contributed by atoms with Crippen LogP contribution in [0.4, 0.5) is 4.39 Å². The second-order valence-corrected chi connectivity index (χ2v) is 2.47. The van der Waals surface area contributed by atoms with Crippen LogP contribution < -0.4 is 5.73 Å². The average Bonchev–Trinajstić information content (AvgIpc) is 2.13. The van der Waals surface area contributed by atoms with Gasteiger partial charge in [-0.2, -0.15) is 0 Å². The number of hydrogen-bond donors (Lipinski definition) is 3.